The van der Waals surface area contributed by atoms with Crippen molar-refractivity contribution in [2.75, 3.05) is 11.9 Å². The van der Waals surface area contributed by atoms with Crippen molar-refractivity contribution in [2.24, 2.45) is 0 Å². The van der Waals surface area contributed by atoms with Gasteiger partial charge in [0, 0.05) is 18.7 Å². The fourth-order valence-corrected chi connectivity index (χ4v) is 1.93. The van der Waals surface area contributed by atoms with E-state index in [9.17, 15) is 10.1 Å². The molecule has 110 valence electrons. The molecule has 0 unspecified atom stereocenters. The summed E-state index contributed by atoms with van der Waals surface area (Å²) in [6.07, 6.45) is 1.38. The van der Waals surface area contributed by atoms with Crippen molar-refractivity contribution in [1.29, 1.82) is 0 Å². The Bertz CT molecular complexity index is 678. The Labute approximate surface area is 126 Å². The topological polar surface area (TPSA) is 90.2 Å². The highest BCUT2D eigenvalue weighted by atomic mass is 35.5. The van der Waals surface area contributed by atoms with Crippen LogP contribution in [0.25, 0.3) is 0 Å². The number of nitrogens with one attached hydrogen (secondary N) is 1. The van der Waals surface area contributed by atoms with Crippen LogP contribution in [0.1, 0.15) is 12.5 Å². The lowest BCUT2D eigenvalue weighted by Gasteiger charge is -2.11. The molecule has 0 atom stereocenters. The first-order valence-corrected chi connectivity index (χ1v) is 6.58. The van der Waals surface area contributed by atoms with Crippen molar-refractivity contribution >= 4 is 23.1 Å². The number of hydrogen-bond donors (Lipinski definition) is 1. The minimum Gasteiger partial charge on any atom is -0.438 e. The maximum Gasteiger partial charge on any atom is 0.288 e. The molecule has 0 aliphatic heterocycles. The zero-order valence-electron chi connectivity index (χ0n) is 11.5. The first-order chi connectivity index (χ1) is 10.0. The molecule has 1 N–H and O–H groups in total. The molecule has 0 saturated carbocycles. The monoisotopic (exact) mass is 308 g/mol. The Morgan fingerprint density at radius 1 is 1.43 bits per heavy atom. The SMILES string of the molecule is CCNc1ncnc(Oc2ccc([N+](=O)[O-])c(Cl)c2)c1C. The molecule has 1 aromatic heterocycles. The average Bonchev–Trinajstić information content (AvgIpc) is 2.43. The van der Waals surface area contributed by atoms with Crippen LogP contribution in [0.15, 0.2) is 24.5 Å². The van der Waals surface area contributed by atoms with Crippen LogP contribution in [-0.4, -0.2) is 21.4 Å². The van der Waals surface area contributed by atoms with E-state index in [4.69, 9.17) is 16.3 Å². The molecule has 0 aliphatic carbocycles. The second-order valence-electron chi connectivity index (χ2n) is 4.16. The van der Waals surface area contributed by atoms with E-state index in [-0.39, 0.29) is 10.7 Å². The average molecular weight is 309 g/mol. The van der Waals surface area contributed by atoms with Crippen LogP contribution >= 0.6 is 11.6 Å². The van der Waals surface area contributed by atoms with Gasteiger partial charge in [-0.15, -0.1) is 0 Å². The van der Waals surface area contributed by atoms with E-state index in [1.807, 2.05) is 13.8 Å². The second-order valence-corrected chi connectivity index (χ2v) is 4.56. The molecule has 0 amide bonds. The van der Waals surface area contributed by atoms with E-state index in [1.165, 1.54) is 24.5 Å². The van der Waals surface area contributed by atoms with Gasteiger partial charge < -0.3 is 10.1 Å². The molecule has 0 radical (unpaired) electrons. The summed E-state index contributed by atoms with van der Waals surface area (Å²) >= 11 is 5.84. The maximum absolute atomic E-state index is 10.7. The molecule has 2 aromatic rings. The number of ether oxygens (including phenoxy) is 1. The summed E-state index contributed by atoms with van der Waals surface area (Å²) in [5.41, 5.74) is 0.575. The molecule has 2 rings (SSSR count). The summed E-state index contributed by atoms with van der Waals surface area (Å²) in [6, 6.07) is 4.14. The molecule has 0 aliphatic rings. The highest BCUT2D eigenvalue weighted by Crippen LogP contribution is 2.32. The van der Waals surface area contributed by atoms with Crippen molar-refractivity contribution in [3.05, 3.63) is 45.2 Å². The number of hydrogen-bond acceptors (Lipinski definition) is 6. The van der Waals surface area contributed by atoms with Crippen LogP contribution in [-0.2, 0) is 0 Å². The number of nitro benzene ring substituents is 1. The summed E-state index contributed by atoms with van der Waals surface area (Å²) in [4.78, 5) is 18.3. The van der Waals surface area contributed by atoms with E-state index in [0.717, 1.165) is 12.1 Å². The van der Waals surface area contributed by atoms with Gasteiger partial charge in [0.2, 0.25) is 5.88 Å². The number of benzene rings is 1. The van der Waals surface area contributed by atoms with Gasteiger partial charge in [-0.3, -0.25) is 10.1 Å². The molecule has 0 spiro atoms. The van der Waals surface area contributed by atoms with Crippen molar-refractivity contribution in [3.63, 3.8) is 0 Å². The highest BCUT2D eigenvalue weighted by Gasteiger charge is 2.14. The zero-order valence-corrected chi connectivity index (χ0v) is 12.2. The van der Waals surface area contributed by atoms with Crippen LogP contribution in [0.4, 0.5) is 11.5 Å². The zero-order chi connectivity index (χ0) is 15.4. The van der Waals surface area contributed by atoms with Crippen LogP contribution in [0.2, 0.25) is 5.02 Å². The molecule has 7 nitrogen and oxygen atoms in total. The standard InChI is InChI=1S/C13H13ClN4O3/c1-3-15-12-8(2)13(17-7-16-12)21-9-4-5-11(18(19)20)10(14)6-9/h4-7H,3H2,1-2H3,(H,15,16,17). The quantitative estimate of drug-likeness (QED) is 0.670. The van der Waals surface area contributed by atoms with E-state index < -0.39 is 4.92 Å². The normalized spacial score (nSPS) is 10.2. The first-order valence-electron chi connectivity index (χ1n) is 6.20. The third kappa shape index (κ3) is 3.38. The summed E-state index contributed by atoms with van der Waals surface area (Å²) in [5.74, 6) is 1.41. The van der Waals surface area contributed by atoms with E-state index in [1.54, 1.807) is 0 Å². The smallest absolute Gasteiger partial charge is 0.288 e. The highest BCUT2D eigenvalue weighted by molar-refractivity contribution is 6.32. The van der Waals surface area contributed by atoms with Gasteiger partial charge in [0.25, 0.3) is 5.69 Å². The Kier molecular flexibility index (Phi) is 4.54. The maximum atomic E-state index is 10.7. The van der Waals surface area contributed by atoms with E-state index >= 15 is 0 Å². The number of nitro groups is 1. The number of halogens is 1. The van der Waals surface area contributed by atoms with Gasteiger partial charge in [-0.2, -0.15) is 0 Å². The predicted molar refractivity (Wildman–Crippen MR) is 79.1 cm³/mol. The van der Waals surface area contributed by atoms with Crippen molar-refractivity contribution in [1.82, 2.24) is 9.97 Å². The van der Waals surface area contributed by atoms with Gasteiger partial charge in [-0.25, -0.2) is 9.97 Å². The number of aromatic nitrogens is 2. The minimum absolute atomic E-state index is 0.0103. The van der Waals surface area contributed by atoms with Gasteiger partial charge in [-0.1, -0.05) is 11.6 Å². The van der Waals surface area contributed by atoms with Crippen LogP contribution in [0.3, 0.4) is 0 Å². The molecular weight excluding hydrogens is 296 g/mol. The second kappa shape index (κ2) is 6.36. The third-order valence-electron chi connectivity index (χ3n) is 2.71. The van der Waals surface area contributed by atoms with Gasteiger partial charge >= 0.3 is 0 Å². The van der Waals surface area contributed by atoms with Gasteiger partial charge in [-0.05, 0) is 19.9 Å². The molecule has 1 aromatic carbocycles. The summed E-state index contributed by atoms with van der Waals surface area (Å²) in [6.45, 7) is 4.50. The van der Waals surface area contributed by atoms with Crippen LogP contribution in [0, 0.1) is 17.0 Å². The predicted octanol–water partition coefficient (Wildman–Crippen LogP) is 3.57. The molecule has 0 saturated heterocycles. The Balaban J connectivity index is 2.28. The van der Waals surface area contributed by atoms with Crippen molar-refractivity contribution in [3.8, 4) is 11.6 Å². The Hall–Kier alpha value is -2.41. The first kappa shape index (κ1) is 15.0. The molecule has 0 bridgehead atoms. The lowest BCUT2D eigenvalue weighted by atomic mass is 10.3. The van der Waals surface area contributed by atoms with E-state index in [0.29, 0.717) is 17.4 Å². The fourth-order valence-electron chi connectivity index (χ4n) is 1.69. The summed E-state index contributed by atoms with van der Waals surface area (Å²) in [5, 5.41) is 13.8. The number of rotatable bonds is 5. The van der Waals surface area contributed by atoms with Crippen LogP contribution in [0.5, 0.6) is 11.6 Å². The fraction of sp³-hybridized carbons (Fsp3) is 0.231. The van der Waals surface area contributed by atoms with Gasteiger partial charge in [0.15, 0.2) is 0 Å². The van der Waals surface area contributed by atoms with Gasteiger partial charge in [0.1, 0.15) is 22.9 Å². The number of nitrogens with zero attached hydrogens (tertiary/aromatic N) is 3. The molecule has 8 heteroatoms. The lowest BCUT2D eigenvalue weighted by Crippen LogP contribution is -2.03. The Morgan fingerprint density at radius 3 is 2.81 bits per heavy atom. The Morgan fingerprint density at radius 2 is 2.19 bits per heavy atom. The summed E-state index contributed by atoms with van der Waals surface area (Å²) < 4.78 is 5.61. The molecule has 0 fully saturated rings. The lowest BCUT2D eigenvalue weighted by molar-refractivity contribution is -0.384. The van der Waals surface area contributed by atoms with E-state index in [2.05, 4.69) is 15.3 Å². The third-order valence-corrected chi connectivity index (χ3v) is 3.02. The van der Waals surface area contributed by atoms with Crippen molar-refractivity contribution < 1.29 is 9.66 Å². The summed E-state index contributed by atoms with van der Waals surface area (Å²) in [7, 11) is 0. The molecule has 1 heterocycles. The molecular formula is C13H13ClN4O3. The van der Waals surface area contributed by atoms with Crippen LogP contribution < -0.4 is 10.1 Å². The van der Waals surface area contributed by atoms with Crippen molar-refractivity contribution in [2.45, 2.75) is 13.8 Å². The largest absolute Gasteiger partial charge is 0.438 e. The number of anilines is 1. The molecule has 21 heavy (non-hydrogen) atoms. The van der Waals surface area contributed by atoms with Gasteiger partial charge in [0.05, 0.1) is 10.5 Å². The minimum atomic E-state index is -0.550.